The Morgan fingerprint density at radius 3 is 2.12 bits per heavy atom. The lowest BCUT2D eigenvalue weighted by molar-refractivity contribution is 0.157. The van der Waals surface area contributed by atoms with Gasteiger partial charge in [-0.15, -0.1) is 0 Å². The fourth-order valence-corrected chi connectivity index (χ4v) is 2.87. The van der Waals surface area contributed by atoms with Crippen molar-refractivity contribution in [3.63, 3.8) is 0 Å². The van der Waals surface area contributed by atoms with Gasteiger partial charge in [0.05, 0.1) is 15.0 Å². The summed E-state index contributed by atoms with van der Waals surface area (Å²) in [6.45, 7) is 12.7. The van der Waals surface area contributed by atoms with Gasteiger partial charge in [-0.05, 0) is 40.5 Å². The van der Waals surface area contributed by atoms with Gasteiger partial charge in [0.1, 0.15) is 0 Å². The minimum absolute atomic E-state index is 0.0214. The van der Waals surface area contributed by atoms with Crippen LogP contribution in [0.1, 0.15) is 41.5 Å². The molecule has 1 aliphatic heterocycles. The SMILES string of the molecule is CC1C(C)(C)NC(C)(C)C1(C)NC(=O)OP. The number of carbonyl (C=O) groups is 1. The summed E-state index contributed by atoms with van der Waals surface area (Å²) in [5.41, 5.74) is -0.550. The van der Waals surface area contributed by atoms with Gasteiger partial charge in [-0.1, -0.05) is 6.92 Å². The van der Waals surface area contributed by atoms with Gasteiger partial charge in [0, 0.05) is 11.1 Å². The summed E-state index contributed by atoms with van der Waals surface area (Å²) in [6.07, 6.45) is -0.410. The molecule has 1 heterocycles. The summed E-state index contributed by atoms with van der Waals surface area (Å²) in [5, 5.41) is 6.52. The van der Waals surface area contributed by atoms with Gasteiger partial charge in [0.2, 0.25) is 0 Å². The van der Waals surface area contributed by atoms with Crippen molar-refractivity contribution in [2.24, 2.45) is 5.92 Å². The van der Waals surface area contributed by atoms with Gasteiger partial charge in [-0.3, -0.25) is 0 Å². The van der Waals surface area contributed by atoms with Crippen molar-refractivity contribution in [1.29, 1.82) is 0 Å². The molecule has 94 valence electrons. The summed E-state index contributed by atoms with van der Waals surface area (Å²) in [7, 11) is 1.97. The highest BCUT2D eigenvalue weighted by Gasteiger charge is 2.58. The molecule has 3 unspecified atom stereocenters. The molecule has 0 radical (unpaired) electrons. The van der Waals surface area contributed by atoms with Crippen LogP contribution >= 0.6 is 9.47 Å². The van der Waals surface area contributed by atoms with Gasteiger partial charge in [0.25, 0.3) is 0 Å². The van der Waals surface area contributed by atoms with Crippen molar-refractivity contribution in [2.45, 2.75) is 58.2 Å². The maximum atomic E-state index is 11.4. The number of hydrogen-bond acceptors (Lipinski definition) is 3. The predicted octanol–water partition coefficient (Wildman–Crippen LogP) is 2.06. The number of nitrogens with one attached hydrogen (secondary N) is 2. The third-order valence-electron chi connectivity index (χ3n) is 4.35. The number of carbonyl (C=O) groups excluding carboxylic acids is 1. The molecule has 0 aromatic heterocycles. The normalized spacial score (nSPS) is 35.8. The largest absolute Gasteiger partial charge is 0.435 e. The minimum atomic E-state index is -0.410. The first kappa shape index (κ1) is 13.7. The lowest BCUT2D eigenvalue weighted by Crippen LogP contribution is -2.62. The third-order valence-corrected chi connectivity index (χ3v) is 4.56. The van der Waals surface area contributed by atoms with Gasteiger partial charge in [0.15, 0.2) is 0 Å². The lowest BCUT2D eigenvalue weighted by Gasteiger charge is -2.41. The molecule has 5 heteroatoms. The van der Waals surface area contributed by atoms with E-state index in [2.05, 4.69) is 56.7 Å². The second kappa shape index (κ2) is 3.85. The first-order chi connectivity index (χ1) is 7.07. The Labute approximate surface area is 100 Å². The van der Waals surface area contributed by atoms with E-state index in [4.69, 9.17) is 0 Å². The molecule has 1 saturated heterocycles. The van der Waals surface area contributed by atoms with E-state index in [-0.39, 0.29) is 16.6 Å². The zero-order chi connectivity index (χ0) is 12.8. The van der Waals surface area contributed by atoms with E-state index in [0.717, 1.165) is 0 Å². The fourth-order valence-electron chi connectivity index (χ4n) is 2.81. The minimum Gasteiger partial charge on any atom is -0.435 e. The van der Waals surface area contributed by atoms with E-state index < -0.39 is 6.09 Å². The van der Waals surface area contributed by atoms with Crippen molar-refractivity contribution >= 4 is 15.6 Å². The van der Waals surface area contributed by atoms with Crippen LogP contribution in [0.5, 0.6) is 0 Å². The first-order valence-electron chi connectivity index (χ1n) is 5.55. The molecule has 1 rings (SSSR count). The highest BCUT2D eigenvalue weighted by Crippen LogP contribution is 2.43. The van der Waals surface area contributed by atoms with E-state index in [1.807, 2.05) is 9.47 Å². The van der Waals surface area contributed by atoms with E-state index >= 15 is 0 Å². The van der Waals surface area contributed by atoms with Crippen LogP contribution in [0.15, 0.2) is 0 Å². The van der Waals surface area contributed by atoms with E-state index in [0.29, 0.717) is 5.92 Å². The average molecular weight is 246 g/mol. The smallest absolute Gasteiger partial charge is 0.409 e. The molecule has 0 aromatic carbocycles. The third kappa shape index (κ3) is 1.93. The molecule has 1 amide bonds. The first-order valence-corrected chi connectivity index (χ1v) is 6.02. The monoisotopic (exact) mass is 246 g/mol. The molecular weight excluding hydrogens is 223 g/mol. The molecule has 1 aliphatic rings. The average Bonchev–Trinajstić information content (AvgIpc) is 2.24. The fraction of sp³-hybridized carbons (Fsp3) is 0.909. The summed E-state index contributed by atoms with van der Waals surface area (Å²) in [5.74, 6) is 0.291. The van der Waals surface area contributed by atoms with Gasteiger partial charge >= 0.3 is 6.09 Å². The van der Waals surface area contributed by atoms with Crippen LogP contribution in [0, 0.1) is 5.92 Å². The maximum absolute atomic E-state index is 11.4. The quantitative estimate of drug-likeness (QED) is 0.696. The van der Waals surface area contributed by atoms with Crippen LogP contribution in [0.4, 0.5) is 4.79 Å². The summed E-state index contributed by atoms with van der Waals surface area (Å²) < 4.78 is 4.63. The highest BCUT2D eigenvalue weighted by atomic mass is 31.0. The van der Waals surface area contributed by atoms with Crippen LogP contribution in [0.2, 0.25) is 0 Å². The molecule has 4 nitrogen and oxygen atoms in total. The Balaban J connectivity index is 3.05. The molecule has 0 bridgehead atoms. The van der Waals surface area contributed by atoms with E-state index in [9.17, 15) is 4.79 Å². The molecule has 2 N–H and O–H groups in total. The lowest BCUT2D eigenvalue weighted by atomic mass is 9.73. The Morgan fingerprint density at radius 1 is 1.31 bits per heavy atom. The van der Waals surface area contributed by atoms with Crippen molar-refractivity contribution in [1.82, 2.24) is 10.6 Å². The van der Waals surface area contributed by atoms with Crippen LogP contribution in [-0.2, 0) is 4.52 Å². The molecule has 0 aliphatic carbocycles. The Hall–Kier alpha value is -0.340. The van der Waals surface area contributed by atoms with Crippen molar-refractivity contribution in [3.8, 4) is 0 Å². The summed E-state index contributed by atoms with van der Waals surface area (Å²) in [4.78, 5) is 11.4. The van der Waals surface area contributed by atoms with Gasteiger partial charge in [-0.2, -0.15) is 0 Å². The molecule has 16 heavy (non-hydrogen) atoms. The zero-order valence-electron chi connectivity index (χ0n) is 11.0. The zero-order valence-corrected chi connectivity index (χ0v) is 12.1. The number of rotatable bonds is 1. The molecule has 0 aromatic rings. The molecule has 0 spiro atoms. The van der Waals surface area contributed by atoms with Crippen LogP contribution in [-0.4, -0.2) is 22.7 Å². The van der Waals surface area contributed by atoms with Crippen LogP contribution < -0.4 is 10.6 Å². The summed E-state index contributed by atoms with van der Waals surface area (Å²) in [6, 6.07) is 0. The van der Waals surface area contributed by atoms with Crippen LogP contribution in [0.25, 0.3) is 0 Å². The number of amides is 1. The van der Waals surface area contributed by atoms with E-state index in [1.165, 1.54) is 0 Å². The number of hydrogen-bond donors (Lipinski definition) is 2. The van der Waals surface area contributed by atoms with Gasteiger partial charge < -0.3 is 15.2 Å². The van der Waals surface area contributed by atoms with E-state index in [1.54, 1.807) is 0 Å². The molecule has 1 fully saturated rings. The second-order valence-corrected chi connectivity index (χ2v) is 6.16. The highest BCUT2D eigenvalue weighted by molar-refractivity contribution is 7.10. The molecule has 0 saturated carbocycles. The van der Waals surface area contributed by atoms with Crippen LogP contribution in [0.3, 0.4) is 0 Å². The second-order valence-electron chi connectivity index (χ2n) is 5.93. The Bertz CT molecular complexity index is 304. The predicted molar refractivity (Wildman–Crippen MR) is 68.2 cm³/mol. The van der Waals surface area contributed by atoms with Crippen molar-refractivity contribution < 1.29 is 9.32 Å². The Morgan fingerprint density at radius 2 is 1.81 bits per heavy atom. The summed E-state index contributed by atoms with van der Waals surface area (Å²) >= 11 is 0. The molecule has 3 atom stereocenters. The topological polar surface area (TPSA) is 50.4 Å². The van der Waals surface area contributed by atoms with Crippen molar-refractivity contribution in [3.05, 3.63) is 0 Å². The standard InChI is InChI=1S/C11H23N2O2P/c1-7-9(2,3)13-10(4,5)11(7,6)12-8(14)15-16/h7,13H,16H2,1-6H3,(H,12,14). The van der Waals surface area contributed by atoms with Gasteiger partial charge in [-0.25, -0.2) is 4.79 Å². The Kier molecular flexibility index (Phi) is 3.30. The maximum Gasteiger partial charge on any atom is 0.409 e. The van der Waals surface area contributed by atoms with Crippen molar-refractivity contribution in [2.75, 3.05) is 0 Å². The molecular formula is C11H23N2O2P.